The number of halogens is 1. The van der Waals surface area contributed by atoms with E-state index in [0.717, 1.165) is 36.5 Å². The number of benzene rings is 1. The quantitative estimate of drug-likeness (QED) is 0.890. The Labute approximate surface area is 123 Å². The van der Waals surface area contributed by atoms with Crippen molar-refractivity contribution in [3.8, 4) is 5.75 Å². The lowest BCUT2D eigenvalue weighted by molar-refractivity contribution is 0.215. The van der Waals surface area contributed by atoms with Gasteiger partial charge in [0.1, 0.15) is 11.3 Å². The number of anilines is 1. The lowest BCUT2D eigenvalue weighted by Gasteiger charge is -2.22. The highest BCUT2D eigenvalue weighted by atomic mass is 35.5. The highest BCUT2D eigenvalue weighted by Gasteiger charge is 2.13. The van der Waals surface area contributed by atoms with Crippen molar-refractivity contribution < 1.29 is 4.74 Å². The molecule has 1 saturated heterocycles. The van der Waals surface area contributed by atoms with E-state index >= 15 is 0 Å². The van der Waals surface area contributed by atoms with Crippen molar-refractivity contribution >= 4 is 29.4 Å². The van der Waals surface area contributed by atoms with Gasteiger partial charge in [-0.15, -0.1) is 22.6 Å². The summed E-state index contributed by atoms with van der Waals surface area (Å²) < 4.78 is 5.84. The van der Waals surface area contributed by atoms with Gasteiger partial charge in [-0.25, -0.2) is 4.98 Å². The zero-order chi connectivity index (χ0) is 13.1. The summed E-state index contributed by atoms with van der Waals surface area (Å²) in [5, 5.41) is 11.0. The van der Waals surface area contributed by atoms with Crippen LogP contribution < -0.4 is 15.8 Å². The van der Waals surface area contributed by atoms with Crippen LogP contribution in [0.15, 0.2) is 18.2 Å². The zero-order valence-electron chi connectivity index (χ0n) is 11.1. The molecule has 0 radical (unpaired) electrons. The molecule has 3 N–H and O–H groups in total. The Balaban J connectivity index is 0.00000147. The van der Waals surface area contributed by atoms with Gasteiger partial charge in [0.2, 0.25) is 5.95 Å². The second-order valence-electron chi connectivity index (χ2n) is 4.82. The van der Waals surface area contributed by atoms with Gasteiger partial charge in [-0.3, -0.25) is 0 Å². The maximum absolute atomic E-state index is 5.84. The van der Waals surface area contributed by atoms with E-state index in [0.29, 0.717) is 5.92 Å². The lowest BCUT2D eigenvalue weighted by Crippen LogP contribution is -2.30. The largest absolute Gasteiger partial charge is 0.493 e. The average Bonchev–Trinajstić information content (AvgIpc) is 2.46. The summed E-state index contributed by atoms with van der Waals surface area (Å²) in [4.78, 5) is 4.15. The normalized spacial score (nSPS) is 15.8. The summed E-state index contributed by atoms with van der Waals surface area (Å²) in [5.41, 5.74) is 6.98. The number of nitrogens with zero attached hydrogens (tertiary/aromatic N) is 3. The van der Waals surface area contributed by atoms with Crippen LogP contribution in [0.1, 0.15) is 12.8 Å². The fourth-order valence-electron chi connectivity index (χ4n) is 2.28. The van der Waals surface area contributed by atoms with Crippen LogP contribution >= 0.6 is 12.4 Å². The third-order valence-corrected chi connectivity index (χ3v) is 3.39. The van der Waals surface area contributed by atoms with Crippen molar-refractivity contribution in [2.24, 2.45) is 5.92 Å². The number of rotatable bonds is 3. The molecule has 6 nitrogen and oxygen atoms in total. The number of hydrogen-bond donors (Lipinski definition) is 2. The van der Waals surface area contributed by atoms with Gasteiger partial charge in [-0.2, -0.15) is 0 Å². The smallest absolute Gasteiger partial charge is 0.240 e. The molecule has 20 heavy (non-hydrogen) atoms. The minimum atomic E-state index is 0. The second-order valence-corrected chi connectivity index (χ2v) is 4.82. The van der Waals surface area contributed by atoms with Gasteiger partial charge < -0.3 is 15.8 Å². The van der Waals surface area contributed by atoms with Crippen molar-refractivity contribution in [3.63, 3.8) is 0 Å². The van der Waals surface area contributed by atoms with Crippen molar-refractivity contribution in [3.05, 3.63) is 18.2 Å². The number of piperidine rings is 1. The Morgan fingerprint density at radius 2 is 2.00 bits per heavy atom. The maximum Gasteiger partial charge on any atom is 0.240 e. The molecule has 2 aromatic rings. The molecule has 0 aliphatic carbocycles. The van der Waals surface area contributed by atoms with Crippen molar-refractivity contribution in [1.29, 1.82) is 0 Å². The Bertz CT molecular complexity index is 574. The van der Waals surface area contributed by atoms with Crippen LogP contribution in [0.2, 0.25) is 0 Å². The van der Waals surface area contributed by atoms with E-state index in [1.165, 1.54) is 12.8 Å². The van der Waals surface area contributed by atoms with Gasteiger partial charge in [0.05, 0.1) is 12.1 Å². The Kier molecular flexibility index (Phi) is 4.92. The molecule has 0 saturated carbocycles. The van der Waals surface area contributed by atoms with Crippen LogP contribution in [0.5, 0.6) is 5.75 Å². The number of fused-ring (bicyclic) bond motifs is 1. The third-order valence-electron chi connectivity index (χ3n) is 3.39. The zero-order valence-corrected chi connectivity index (χ0v) is 11.9. The van der Waals surface area contributed by atoms with E-state index in [-0.39, 0.29) is 18.4 Å². The molecule has 1 aromatic heterocycles. The second kappa shape index (κ2) is 6.67. The van der Waals surface area contributed by atoms with E-state index in [9.17, 15) is 0 Å². The van der Waals surface area contributed by atoms with E-state index in [1.807, 2.05) is 18.2 Å². The molecule has 0 unspecified atom stereocenters. The number of nitrogen functional groups attached to an aromatic ring is 1. The van der Waals surface area contributed by atoms with Crippen molar-refractivity contribution in [2.45, 2.75) is 12.8 Å². The molecule has 108 valence electrons. The topological polar surface area (TPSA) is 86.0 Å². The van der Waals surface area contributed by atoms with Crippen LogP contribution in [0.4, 0.5) is 5.95 Å². The number of hydrogen-bond acceptors (Lipinski definition) is 6. The van der Waals surface area contributed by atoms with Crippen LogP contribution in [-0.2, 0) is 0 Å². The van der Waals surface area contributed by atoms with E-state index in [1.54, 1.807) is 0 Å². The van der Waals surface area contributed by atoms with Gasteiger partial charge in [0, 0.05) is 6.07 Å². The lowest BCUT2D eigenvalue weighted by atomic mass is 9.99. The maximum atomic E-state index is 5.84. The fourth-order valence-corrected chi connectivity index (χ4v) is 2.28. The van der Waals surface area contributed by atoms with E-state index < -0.39 is 0 Å². The molecular formula is C13H18ClN5O. The van der Waals surface area contributed by atoms with Crippen LogP contribution in [-0.4, -0.2) is 34.9 Å². The summed E-state index contributed by atoms with van der Waals surface area (Å²) in [6.07, 6.45) is 2.34. The van der Waals surface area contributed by atoms with Gasteiger partial charge in [0.25, 0.3) is 0 Å². The summed E-state index contributed by atoms with van der Waals surface area (Å²) in [5.74, 6) is 1.62. The number of nitrogens with one attached hydrogen (secondary N) is 1. The predicted octanol–water partition coefficient (Wildman–Crippen LogP) is 1.41. The molecule has 2 heterocycles. The summed E-state index contributed by atoms with van der Waals surface area (Å²) in [7, 11) is 0. The fraction of sp³-hybridized carbons (Fsp3) is 0.462. The molecule has 0 spiro atoms. The molecule has 0 bridgehead atoms. The SMILES string of the molecule is Cl.Nc1nnc2ccc(OCC3CCNCC3)cc2n1. The first-order chi connectivity index (χ1) is 9.31. The average molecular weight is 296 g/mol. The molecule has 0 atom stereocenters. The van der Waals surface area contributed by atoms with Gasteiger partial charge >= 0.3 is 0 Å². The molecule has 7 heteroatoms. The van der Waals surface area contributed by atoms with Crippen LogP contribution in [0.25, 0.3) is 11.0 Å². The Hall–Kier alpha value is -1.66. The predicted molar refractivity (Wildman–Crippen MR) is 80.1 cm³/mol. The molecule has 1 aromatic carbocycles. The van der Waals surface area contributed by atoms with Crippen molar-refractivity contribution in [2.75, 3.05) is 25.4 Å². The Morgan fingerprint density at radius 1 is 1.20 bits per heavy atom. The molecule has 3 rings (SSSR count). The highest BCUT2D eigenvalue weighted by Crippen LogP contribution is 2.20. The molecule has 1 fully saturated rings. The minimum absolute atomic E-state index is 0. The third kappa shape index (κ3) is 3.46. The Morgan fingerprint density at radius 3 is 2.80 bits per heavy atom. The molecule has 0 amide bonds. The summed E-state index contributed by atoms with van der Waals surface area (Å²) in [6, 6.07) is 5.62. The first-order valence-electron chi connectivity index (χ1n) is 6.55. The molecular weight excluding hydrogens is 278 g/mol. The number of ether oxygens (including phenoxy) is 1. The molecule has 1 aliphatic heterocycles. The van der Waals surface area contributed by atoms with Gasteiger partial charge in [-0.1, -0.05) is 0 Å². The molecule has 1 aliphatic rings. The summed E-state index contributed by atoms with van der Waals surface area (Å²) >= 11 is 0. The van der Waals surface area contributed by atoms with E-state index in [2.05, 4.69) is 20.5 Å². The van der Waals surface area contributed by atoms with Crippen LogP contribution in [0.3, 0.4) is 0 Å². The number of nitrogens with two attached hydrogens (primary N) is 1. The monoisotopic (exact) mass is 295 g/mol. The minimum Gasteiger partial charge on any atom is -0.493 e. The van der Waals surface area contributed by atoms with Crippen molar-refractivity contribution in [1.82, 2.24) is 20.5 Å². The standard InChI is InChI=1S/C13H17N5O.ClH/c14-13-16-12-7-10(1-2-11(12)17-18-13)19-8-9-3-5-15-6-4-9;/h1-2,7,9,15H,3-6,8H2,(H2,14,16,18);1H. The number of aromatic nitrogens is 3. The highest BCUT2D eigenvalue weighted by molar-refractivity contribution is 5.85. The first-order valence-corrected chi connectivity index (χ1v) is 6.55. The van der Waals surface area contributed by atoms with Crippen LogP contribution in [0, 0.1) is 5.92 Å². The van der Waals surface area contributed by atoms with Gasteiger partial charge in [0.15, 0.2) is 0 Å². The van der Waals surface area contributed by atoms with E-state index in [4.69, 9.17) is 10.5 Å². The first kappa shape index (κ1) is 14.7. The van der Waals surface area contributed by atoms with Gasteiger partial charge in [-0.05, 0) is 44.0 Å². The summed E-state index contributed by atoms with van der Waals surface area (Å²) in [6.45, 7) is 2.92.